The van der Waals surface area contributed by atoms with E-state index in [0.29, 0.717) is 33.1 Å². The van der Waals surface area contributed by atoms with Gasteiger partial charge in [0.05, 0.1) is 27.2 Å². The SMILES string of the molecule is COc1cc(/C=C2\SC(=S)N(NC(=O)c3ccccc3)C2=O)cc(I)c1OCc1ccccc1C#N. The lowest BCUT2D eigenvalue weighted by Gasteiger charge is -2.15. The Labute approximate surface area is 231 Å². The van der Waals surface area contributed by atoms with Crippen LogP contribution >= 0.6 is 46.6 Å². The second-order valence-corrected chi connectivity index (χ2v) is 10.3. The van der Waals surface area contributed by atoms with Crippen molar-refractivity contribution in [1.29, 1.82) is 5.26 Å². The summed E-state index contributed by atoms with van der Waals surface area (Å²) in [5.74, 6) is 0.168. The van der Waals surface area contributed by atoms with E-state index in [2.05, 4.69) is 34.1 Å². The number of hydrogen-bond donors (Lipinski definition) is 1. The van der Waals surface area contributed by atoms with E-state index in [0.717, 1.165) is 25.9 Å². The number of hydrogen-bond acceptors (Lipinski definition) is 7. The molecule has 1 fully saturated rings. The Morgan fingerprint density at radius 1 is 1.19 bits per heavy atom. The fourth-order valence-electron chi connectivity index (χ4n) is 3.34. The van der Waals surface area contributed by atoms with Gasteiger partial charge in [-0.3, -0.25) is 15.0 Å². The number of thioether (sulfide) groups is 1. The summed E-state index contributed by atoms with van der Waals surface area (Å²) in [5, 5.41) is 10.4. The first kappa shape index (κ1) is 25.7. The third-order valence-corrected chi connectivity index (χ3v) is 7.21. The lowest BCUT2D eigenvalue weighted by atomic mass is 10.1. The van der Waals surface area contributed by atoms with Gasteiger partial charge in [0.25, 0.3) is 11.8 Å². The van der Waals surface area contributed by atoms with Gasteiger partial charge in [0, 0.05) is 11.1 Å². The van der Waals surface area contributed by atoms with Gasteiger partial charge in [-0.1, -0.05) is 48.2 Å². The number of nitrogens with zero attached hydrogens (tertiary/aromatic N) is 2. The first-order valence-electron chi connectivity index (χ1n) is 10.5. The molecule has 36 heavy (non-hydrogen) atoms. The Balaban J connectivity index is 1.53. The number of carbonyl (C=O) groups excluding carboxylic acids is 2. The van der Waals surface area contributed by atoms with E-state index < -0.39 is 11.8 Å². The maximum absolute atomic E-state index is 13.0. The number of benzene rings is 3. The summed E-state index contributed by atoms with van der Waals surface area (Å²) in [6.45, 7) is 0.204. The van der Waals surface area contributed by atoms with Crippen molar-refractivity contribution in [2.45, 2.75) is 6.61 Å². The summed E-state index contributed by atoms with van der Waals surface area (Å²) in [6.07, 6.45) is 1.69. The summed E-state index contributed by atoms with van der Waals surface area (Å²) in [5.41, 5.74) is 5.00. The molecule has 0 saturated carbocycles. The molecule has 0 radical (unpaired) electrons. The van der Waals surface area contributed by atoms with Crippen molar-refractivity contribution in [3.8, 4) is 17.6 Å². The van der Waals surface area contributed by atoms with Crippen molar-refractivity contribution in [3.05, 3.63) is 97.5 Å². The zero-order valence-electron chi connectivity index (χ0n) is 18.9. The Kier molecular flexibility index (Phi) is 8.25. The second kappa shape index (κ2) is 11.6. The zero-order chi connectivity index (χ0) is 25.7. The summed E-state index contributed by atoms with van der Waals surface area (Å²) >= 11 is 8.55. The van der Waals surface area contributed by atoms with E-state index in [1.807, 2.05) is 18.2 Å². The van der Waals surface area contributed by atoms with Gasteiger partial charge in [-0.15, -0.1) is 0 Å². The van der Waals surface area contributed by atoms with Gasteiger partial charge in [-0.25, -0.2) is 0 Å². The molecule has 2 amide bonds. The number of ether oxygens (including phenoxy) is 2. The van der Waals surface area contributed by atoms with E-state index in [1.165, 1.54) is 7.11 Å². The Morgan fingerprint density at radius 2 is 1.92 bits per heavy atom. The van der Waals surface area contributed by atoms with Crippen LogP contribution in [0.15, 0.2) is 71.6 Å². The number of thiocarbonyl (C=S) groups is 1. The van der Waals surface area contributed by atoms with Crippen LogP contribution in [0.1, 0.15) is 27.0 Å². The highest BCUT2D eigenvalue weighted by Gasteiger charge is 2.34. The molecule has 0 spiro atoms. The molecule has 3 aromatic rings. The monoisotopic (exact) mass is 627 g/mol. The van der Waals surface area contributed by atoms with Gasteiger partial charge >= 0.3 is 0 Å². The number of nitrogens with one attached hydrogen (secondary N) is 1. The van der Waals surface area contributed by atoms with Crippen molar-refractivity contribution < 1.29 is 19.1 Å². The molecule has 1 aliphatic rings. The molecule has 7 nitrogen and oxygen atoms in total. The Morgan fingerprint density at radius 3 is 2.64 bits per heavy atom. The molecule has 10 heteroatoms. The highest BCUT2D eigenvalue weighted by atomic mass is 127. The summed E-state index contributed by atoms with van der Waals surface area (Å²) < 4.78 is 12.5. The van der Waals surface area contributed by atoms with Crippen molar-refractivity contribution in [2.24, 2.45) is 0 Å². The van der Waals surface area contributed by atoms with Crippen molar-refractivity contribution in [1.82, 2.24) is 10.4 Å². The number of carbonyl (C=O) groups is 2. The maximum Gasteiger partial charge on any atom is 0.285 e. The standard InChI is InChI=1S/C26H18IN3O4S2/c1-33-21-12-16(11-20(27)23(21)34-15-19-10-6-5-9-18(19)14-28)13-22-25(32)30(26(35)36-22)29-24(31)17-7-3-2-4-8-17/h2-13H,15H2,1H3,(H,29,31)/b22-13-. The number of halogens is 1. The van der Waals surface area contributed by atoms with Gasteiger partial charge in [0.2, 0.25) is 0 Å². The molecule has 0 aliphatic carbocycles. The van der Waals surface area contributed by atoms with Crippen LogP contribution in [0.4, 0.5) is 0 Å². The minimum absolute atomic E-state index is 0.204. The van der Waals surface area contributed by atoms with E-state index in [-0.39, 0.29) is 10.9 Å². The van der Waals surface area contributed by atoms with Crippen molar-refractivity contribution in [3.63, 3.8) is 0 Å². The fourth-order valence-corrected chi connectivity index (χ4v) is 5.30. The molecule has 1 aliphatic heterocycles. The van der Waals surface area contributed by atoms with Crippen LogP contribution in [-0.4, -0.2) is 28.3 Å². The predicted octanol–water partition coefficient (Wildman–Crippen LogP) is 5.30. The van der Waals surface area contributed by atoms with Gasteiger partial charge in [-0.2, -0.15) is 10.3 Å². The number of rotatable bonds is 7. The average molecular weight is 627 g/mol. The lowest BCUT2D eigenvalue weighted by Crippen LogP contribution is -2.44. The van der Waals surface area contributed by atoms with E-state index in [9.17, 15) is 14.9 Å². The average Bonchev–Trinajstić information content (AvgIpc) is 3.15. The van der Waals surface area contributed by atoms with Crippen molar-refractivity contribution >= 4 is 68.8 Å². The smallest absolute Gasteiger partial charge is 0.285 e. The summed E-state index contributed by atoms with van der Waals surface area (Å²) in [6, 6.07) is 21.6. The number of hydrazine groups is 1. The molecular weight excluding hydrogens is 609 g/mol. The molecule has 0 atom stereocenters. The Hall–Kier alpha value is -3.40. The van der Waals surface area contributed by atoms with Crippen LogP contribution < -0.4 is 14.9 Å². The van der Waals surface area contributed by atoms with Gasteiger partial charge in [-0.05, 0) is 76.8 Å². The fraction of sp³-hybridized carbons (Fsp3) is 0.0769. The third-order valence-electron chi connectivity index (χ3n) is 5.10. The highest BCUT2D eigenvalue weighted by molar-refractivity contribution is 14.1. The topological polar surface area (TPSA) is 91.7 Å². The maximum atomic E-state index is 13.0. The van der Waals surface area contributed by atoms with Gasteiger partial charge in [0.1, 0.15) is 6.61 Å². The molecule has 1 N–H and O–H groups in total. The molecule has 3 aromatic carbocycles. The van der Waals surface area contributed by atoms with Gasteiger partial charge in [0.15, 0.2) is 15.8 Å². The first-order chi connectivity index (χ1) is 17.4. The summed E-state index contributed by atoms with van der Waals surface area (Å²) in [4.78, 5) is 25.8. The molecule has 180 valence electrons. The van der Waals surface area contributed by atoms with Crippen LogP contribution in [-0.2, 0) is 11.4 Å². The summed E-state index contributed by atoms with van der Waals surface area (Å²) in [7, 11) is 1.53. The molecule has 1 heterocycles. The van der Waals surface area contributed by atoms with Gasteiger partial charge < -0.3 is 9.47 Å². The third kappa shape index (κ3) is 5.70. The minimum atomic E-state index is -0.427. The first-order valence-corrected chi connectivity index (χ1v) is 12.8. The number of amides is 2. The molecule has 1 saturated heterocycles. The predicted molar refractivity (Wildman–Crippen MR) is 150 cm³/mol. The van der Waals surface area contributed by atoms with E-state index in [4.69, 9.17) is 21.7 Å². The molecular formula is C26H18IN3O4S2. The molecule has 0 aromatic heterocycles. The van der Waals surface area contributed by atoms with E-state index in [1.54, 1.807) is 54.6 Å². The number of methoxy groups -OCH3 is 1. The van der Waals surface area contributed by atoms with E-state index >= 15 is 0 Å². The normalized spacial score (nSPS) is 14.0. The zero-order valence-corrected chi connectivity index (χ0v) is 22.6. The van der Waals surface area contributed by atoms with Crippen LogP contribution in [0.3, 0.4) is 0 Å². The highest BCUT2D eigenvalue weighted by Crippen LogP contribution is 2.37. The molecule has 4 rings (SSSR count). The van der Waals surface area contributed by atoms with Crippen molar-refractivity contribution in [2.75, 3.05) is 7.11 Å². The molecule has 0 bridgehead atoms. The minimum Gasteiger partial charge on any atom is -0.493 e. The second-order valence-electron chi connectivity index (χ2n) is 7.42. The van der Waals surface area contributed by atoms with Crippen LogP contribution in [0.5, 0.6) is 11.5 Å². The molecule has 0 unspecified atom stereocenters. The van der Waals surface area contributed by atoms with Crippen LogP contribution in [0.2, 0.25) is 0 Å². The largest absolute Gasteiger partial charge is 0.493 e. The van der Waals surface area contributed by atoms with Crippen LogP contribution in [0.25, 0.3) is 6.08 Å². The lowest BCUT2D eigenvalue weighted by molar-refractivity contribution is -0.123. The van der Waals surface area contributed by atoms with Crippen LogP contribution in [0, 0.1) is 14.9 Å². The number of nitriles is 1. The quantitative estimate of drug-likeness (QED) is 0.216. The Bertz CT molecular complexity index is 1420.